The molecule has 1 aromatic carbocycles. The summed E-state index contributed by atoms with van der Waals surface area (Å²) in [6.45, 7) is 7.93. The van der Waals surface area contributed by atoms with E-state index < -0.39 is 0 Å². The molecule has 1 aliphatic rings. The summed E-state index contributed by atoms with van der Waals surface area (Å²) in [6, 6.07) is 12.1. The highest BCUT2D eigenvalue weighted by molar-refractivity contribution is 5.15. The van der Waals surface area contributed by atoms with Crippen molar-refractivity contribution in [3.63, 3.8) is 0 Å². The van der Waals surface area contributed by atoms with Crippen LogP contribution in [-0.4, -0.2) is 30.1 Å². The number of nitrogens with zero attached hydrogens (tertiary/aromatic N) is 1. The molecule has 0 bridgehead atoms. The number of hydrogen-bond donors (Lipinski definition) is 1. The van der Waals surface area contributed by atoms with Crippen LogP contribution < -0.4 is 5.32 Å². The van der Waals surface area contributed by atoms with Gasteiger partial charge in [-0.3, -0.25) is 4.90 Å². The van der Waals surface area contributed by atoms with Gasteiger partial charge in [0.2, 0.25) is 0 Å². The van der Waals surface area contributed by atoms with Crippen LogP contribution in [0.15, 0.2) is 30.3 Å². The van der Waals surface area contributed by atoms with Gasteiger partial charge in [0.15, 0.2) is 0 Å². The van der Waals surface area contributed by atoms with E-state index in [2.05, 4.69) is 54.4 Å². The first-order chi connectivity index (χ1) is 7.81. The number of piperazine rings is 1. The average Bonchev–Trinajstić information content (AvgIpc) is 2.33. The fourth-order valence-electron chi connectivity index (χ4n) is 2.51. The first-order valence-corrected chi connectivity index (χ1v) is 6.31. The predicted octanol–water partition coefficient (Wildman–Crippen LogP) is 2.26. The van der Waals surface area contributed by atoms with Gasteiger partial charge in [0.05, 0.1) is 0 Å². The summed E-state index contributed by atoms with van der Waals surface area (Å²) in [5, 5.41) is 3.51. The van der Waals surface area contributed by atoms with Crippen LogP contribution in [-0.2, 0) is 6.54 Å². The second kappa shape index (κ2) is 5.46. The van der Waals surface area contributed by atoms with E-state index in [4.69, 9.17) is 0 Å². The molecule has 2 nitrogen and oxygen atoms in total. The fraction of sp³-hybridized carbons (Fsp3) is 0.571. The van der Waals surface area contributed by atoms with Crippen molar-refractivity contribution in [1.29, 1.82) is 0 Å². The summed E-state index contributed by atoms with van der Waals surface area (Å²) >= 11 is 0. The number of rotatable bonds is 3. The van der Waals surface area contributed by atoms with Gasteiger partial charge in [-0.15, -0.1) is 0 Å². The van der Waals surface area contributed by atoms with Crippen molar-refractivity contribution in [2.45, 2.75) is 38.9 Å². The van der Waals surface area contributed by atoms with Gasteiger partial charge in [0, 0.05) is 31.7 Å². The van der Waals surface area contributed by atoms with Crippen LogP contribution in [0, 0.1) is 0 Å². The maximum absolute atomic E-state index is 3.51. The lowest BCUT2D eigenvalue weighted by Gasteiger charge is -2.40. The lowest BCUT2D eigenvalue weighted by atomic mass is 10.0. The molecule has 0 amide bonds. The van der Waals surface area contributed by atoms with Crippen LogP contribution in [0.2, 0.25) is 0 Å². The third-order valence-electron chi connectivity index (χ3n) is 3.53. The Morgan fingerprint density at radius 2 is 2.00 bits per heavy atom. The van der Waals surface area contributed by atoms with E-state index in [0.29, 0.717) is 12.1 Å². The van der Waals surface area contributed by atoms with Crippen LogP contribution in [0.5, 0.6) is 0 Å². The maximum Gasteiger partial charge on any atom is 0.0240 e. The Balaban J connectivity index is 2.05. The molecule has 0 aromatic heterocycles. The Morgan fingerprint density at radius 3 is 2.69 bits per heavy atom. The van der Waals surface area contributed by atoms with Gasteiger partial charge in [-0.2, -0.15) is 0 Å². The first-order valence-electron chi connectivity index (χ1n) is 6.31. The molecule has 0 radical (unpaired) electrons. The molecule has 1 aromatic rings. The van der Waals surface area contributed by atoms with Crippen LogP contribution in [0.4, 0.5) is 0 Å². The number of benzene rings is 1. The Bertz CT molecular complexity index is 310. The zero-order valence-electron chi connectivity index (χ0n) is 10.3. The van der Waals surface area contributed by atoms with Crippen LogP contribution in [0.25, 0.3) is 0 Å². The standard InChI is InChI=1S/C14H22N2/c1-3-14-10-15-9-12(2)16(14)11-13-7-5-4-6-8-13/h4-8,12,14-15H,3,9-11H2,1-2H3/t12-,14?/m1/s1. The summed E-state index contributed by atoms with van der Waals surface area (Å²) in [5.74, 6) is 0. The minimum atomic E-state index is 0.638. The van der Waals surface area contributed by atoms with E-state index in [0.717, 1.165) is 19.6 Å². The van der Waals surface area contributed by atoms with E-state index in [1.54, 1.807) is 0 Å². The summed E-state index contributed by atoms with van der Waals surface area (Å²) < 4.78 is 0. The van der Waals surface area contributed by atoms with Gasteiger partial charge < -0.3 is 5.32 Å². The quantitative estimate of drug-likeness (QED) is 0.837. The van der Waals surface area contributed by atoms with Crippen LogP contribution >= 0.6 is 0 Å². The SMILES string of the molecule is CCC1CNC[C@@H](C)N1Cc1ccccc1. The van der Waals surface area contributed by atoms with E-state index >= 15 is 0 Å². The molecular formula is C14H22N2. The highest BCUT2D eigenvalue weighted by atomic mass is 15.2. The summed E-state index contributed by atoms with van der Waals surface area (Å²) in [7, 11) is 0. The van der Waals surface area contributed by atoms with Crippen LogP contribution in [0.1, 0.15) is 25.8 Å². The topological polar surface area (TPSA) is 15.3 Å². The molecule has 0 aliphatic carbocycles. The number of nitrogens with one attached hydrogen (secondary N) is 1. The van der Waals surface area contributed by atoms with Crippen LogP contribution in [0.3, 0.4) is 0 Å². The lowest BCUT2D eigenvalue weighted by Crippen LogP contribution is -2.55. The predicted molar refractivity (Wildman–Crippen MR) is 68.4 cm³/mol. The monoisotopic (exact) mass is 218 g/mol. The summed E-state index contributed by atoms with van der Waals surface area (Å²) in [6.07, 6.45) is 1.23. The van der Waals surface area contributed by atoms with Crippen molar-refractivity contribution in [2.75, 3.05) is 13.1 Å². The minimum absolute atomic E-state index is 0.638. The molecule has 1 unspecified atom stereocenters. The molecule has 88 valence electrons. The normalized spacial score (nSPS) is 26.9. The zero-order chi connectivity index (χ0) is 11.4. The molecule has 2 rings (SSSR count). The minimum Gasteiger partial charge on any atom is -0.314 e. The molecule has 1 aliphatic heterocycles. The first kappa shape index (κ1) is 11.6. The maximum atomic E-state index is 3.51. The fourth-order valence-corrected chi connectivity index (χ4v) is 2.51. The van der Waals surface area contributed by atoms with Crippen molar-refractivity contribution in [1.82, 2.24) is 10.2 Å². The molecular weight excluding hydrogens is 196 g/mol. The molecule has 0 spiro atoms. The van der Waals surface area contributed by atoms with Gasteiger partial charge in [-0.25, -0.2) is 0 Å². The Hall–Kier alpha value is -0.860. The third kappa shape index (κ3) is 2.63. The van der Waals surface area contributed by atoms with Crippen molar-refractivity contribution in [3.05, 3.63) is 35.9 Å². The molecule has 1 fully saturated rings. The van der Waals surface area contributed by atoms with Gasteiger partial charge in [-0.05, 0) is 18.9 Å². The van der Waals surface area contributed by atoms with Gasteiger partial charge >= 0.3 is 0 Å². The van der Waals surface area contributed by atoms with Crippen molar-refractivity contribution in [3.8, 4) is 0 Å². The largest absolute Gasteiger partial charge is 0.314 e. The van der Waals surface area contributed by atoms with E-state index in [9.17, 15) is 0 Å². The van der Waals surface area contributed by atoms with E-state index in [1.165, 1.54) is 12.0 Å². The molecule has 2 heteroatoms. The molecule has 1 saturated heterocycles. The Kier molecular flexibility index (Phi) is 3.97. The zero-order valence-corrected chi connectivity index (χ0v) is 10.3. The van der Waals surface area contributed by atoms with Crippen molar-refractivity contribution in [2.24, 2.45) is 0 Å². The van der Waals surface area contributed by atoms with Gasteiger partial charge in [0.1, 0.15) is 0 Å². The third-order valence-corrected chi connectivity index (χ3v) is 3.53. The van der Waals surface area contributed by atoms with Gasteiger partial charge in [-0.1, -0.05) is 37.3 Å². The summed E-state index contributed by atoms with van der Waals surface area (Å²) in [5.41, 5.74) is 1.43. The Labute approximate surface area is 98.7 Å². The van der Waals surface area contributed by atoms with Gasteiger partial charge in [0.25, 0.3) is 0 Å². The smallest absolute Gasteiger partial charge is 0.0240 e. The van der Waals surface area contributed by atoms with E-state index in [1.807, 2.05) is 0 Å². The molecule has 2 atom stereocenters. The second-order valence-electron chi connectivity index (χ2n) is 4.73. The van der Waals surface area contributed by atoms with Crippen molar-refractivity contribution >= 4 is 0 Å². The molecule has 1 heterocycles. The Morgan fingerprint density at radius 1 is 1.25 bits per heavy atom. The number of hydrogen-bond acceptors (Lipinski definition) is 2. The highest BCUT2D eigenvalue weighted by Crippen LogP contribution is 2.16. The second-order valence-corrected chi connectivity index (χ2v) is 4.73. The summed E-state index contributed by atoms with van der Waals surface area (Å²) in [4.78, 5) is 2.63. The molecule has 0 saturated carbocycles. The van der Waals surface area contributed by atoms with E-state index in [-0.39, 0.29) is 0 Å². The average molecular weight is 218 g/mol. The molecule has 16 heavy (non-hydrogen) atoms. The molecule has 1 N–H and O–H groups in total. The van der Waals surface area contributed by atoms with Crippen molar-refractivity contribution < 1.29 is 0 Å². The lowest BCUT2D eigenvalue weighted by molar-refractivity contribution is 0.0952. The highest BCUT2D eigenvalue weighted by Gasteiger charge is 2.25.